The molecule has 102 valence electrons. The fourth-order valence-electron chi connectivity index (χ4n) is 2.68. The van der Waals surface area contributed by atoms with Crippen molar-refractivity contribution in [2.45, 2.75) is 51.7 Å². The number of ether oxygens (including phenoxy) is 1. The van der Waals surface area contributed by atoms with Crippen LogP contribution in [0.1, 0.15) is 49.9 Å². The molecular weight excluding hydrogens is 242 g/mol. The minimum atomic E-state index is 0.249. The second-order valence-electron chi connectivity index (χ2n) is 6.25. The van der Waals surface area contributed by atoms with E-state index in [0.717, 1.165) is 13.0 Å². The molecule has 2 rings (SSSR count). The third-order valence-corrected chi connectivity index (χ3v) is 5.44. The lowest BCUT2D eigenvalue weighted by Gasteiger charge is -2.24. The van der Waals surface area contributed by atoms with E-state index in [-0.39, 0.29) is 5.41 Å². The number of hydrogen-bond donors (Lipinski definition) is 1. The monoisotopic (exact) mass is 267 g/mol. The third-order valence-electron chi connectivity index (χ3n) is 3.85. The Morgan fingerprint density at radius 1 is 1.39 bits per heavy atom. The van der Waals surface area contributed by atoms with Gasteiger partial charge in [-0.2, -0.15) is 0 Å². The van der Waals surface area contributed by atoms with E-state index in [1.54, 1.807) is 0 Å². The van der Waals surface area contributed by atoms with Crippen LogP contribution >= 0.6 is 11.3 Å². The highest BCUT2D eigenvalue weighted by molar-refractivity contribution is 7.12. The zero-order valence-electron chi connectivity index (χ0n) is 12.1. The highest BCUT2D eigenvalue weighted by atomic mass is 32.1. The van der Waals surface area contributed by atoms with Crippen LogP contribution in [-0.2, 0) is 10.2 Å². The second kappa shape index (κ2) is 5.32. The predicted octanol–water partition coefficient (Wildman–Crippen LogP) is 3.73. The fourth-order valence-corrected chi connectivity index (χ4v) is 3.93. The van der Waals surface area contributed by atoms with Gasteiger partial charge in [0.2, 0.25) is 0 Å². The van der Waals surface area contributed by atoms with E-state index in [4.69, 9.17) is 4.74 Å². The molecule has 1 N–H and O–H groups in total. The summed E-state index contributed by atoms with van der Waals surface area (Å²) in [5.41, 5.74) is 0.249. The Bertz CT molecular complexity index is 393. The standard InChI is InChI=1S/C15H25NOS/c1-10-11(8-9-17-10)14(16-5)12-6-7-13(18-12)15(2,3)4/h6-7,10-11,14,16H,8-9H2,1-5H3. The predicted molar refractivity (Wildman–Crippen MR) is 78.3 cm³/mol. The first-order valence-electron chi connectivity index (χ1n) is 6.82. The summed E-state index contributed by atoms with van der Waals surface area (Å²) in [6.07, 6.45) is 1.53. The Kier molecular flexibility index (Phi) is 4.15. The van der Waals surface area contributed by atoms with E-state index in [2.05, 4.69) is 52.2 Å². The van der Waals surface area contributed by atoms with Crippen LogP contribution in [-0.4, -0.2) is 19.8 Å². The molecule has 1 aliphatic heterocycles. The molecule has 1 aromatic heterocycles. The molecule has 0 bridgehead atoms. The van der Waals surface area contributed by atoms with Gasteiger partial charge in [0.1, 0.15) is 0 Å². The highest BCUT2D eigenvalue weighted by Crippen LogP contribution is 2.38. The zero-order chi connectivity index (χ0) is 13.3. The maximum absolute atomic E-state index is 5.71. The first kappa shape index (κ1) is 14.0. The van der Waals surface area contributed by atoms with E-state index in [1.807, 2.05) is 11.3 Å². The molecule has 1 fully saturated rings. The van der Waals surface area contributed by atoms with Crippen LogP contribution in [0.3, 0.4) is 0 Å². The number of thiophene rings is 1. The second-order valence-corrected chi connectivity index (χ2v) is 7.36. The summed E-state index contributed by atoms with van der Waals surface area (Å²) in [6, 6.07) is 5.01. The summed E-state index contributed by atoms with van der Waals surface area (Å²) in [4.78, 5) is 2.91. The van der Waals surface area contributed by atoms with Crippen molar-refractivity contribution >= 4 is 11.3 Å². The summed E-state index contributed by atoms with van der Waals surface area (Å²) in [5.74, 6) is 0.599. The van der Waals surface area contributed by atoms with Crippen molar-refractivity contribution in [3.05, 3.63) is 21.9 Å². The molecule has 2 heterocycles. The van der Waals surface area contributed by atoms with E-state index in [0.29, 0.717) is 18.1 Å². The maximum Gasteiger partial charge on any atom is 0.0594 e. The molecule has 0 aromatic carbocycles. The van der Waals surface area contributed by atoms with Crippen LogP contribution < -0.4 is 5.32 Å². The lowest BCUT2D eigenvalue weighted by Crippen LogP contribution is -2.28. The van der Waals surface area contributed by atoms with Crippen LogP contribution in [0.15, 0.2) is 12.1 Å². The SMILES string of the molecule is CNC(c1ccc(C(C)(C)C)s1)C1CCOC1C. The molecule has 1 aromatic rings. The number of hydrogen-bond acceptors (Lipinski definition) is 3. The van der Waals surface area contributed by atoms with Gasteiger partial charge in [0, 0.05) is 28.3 Å². The lowest BCUT2D eigenvalue weighted by molar-refractivity contribution is 0.0966. The van der Waals surface area contributed by atoms with Gasteiger partial charge in [-0.15, -0.1) is 11.3 Å². The largest absolute Gasteiger partial charge is 0.378 e. The first-order valence-corrected chi connectivity index (χ1v) is 7.64. The Labute approximate surface area is 115 Å². The minimum absolute atomic E-state index is 0.249. The summed E-state index contributed by atoms with van der Waals surface area (Å²) < 4.78 is 5.71. The summed E-state index contributed by atoms with van der Waals surface area (Å²) in [6.45, 7) is 9.93. The summed E-state index contributed by atoms with van der Waals surface area (Å²) in [5, 5.41) is 3.49. The Morgan fingerprint density at radius 2 is 2.11 bits per heavy atom. The van der Waals surface area contributed by atoms with Crippen molar-refractivity contribution in [2.75, 3.05) is 13.7 Å². The Morgan fingerprint density at radius 3 is 2.56 bits per heavy atom. The van der Waals surface area contributed by atoms with E-state index < -0.39 is 0 Å². The summed E-state index contributed by atoms with van der Waals surface area (Å²) in [7, 11) is 2.06. The average molecular weight is 267 g/mol. The van der Waals surface area contributed by atoms with Crippen molar-refractivity contribution in [1.29, 1.82) is 0 Å². The molecule has 0 amide bonds. The number of rotatable bonds is 3. The molecule has 0 spiro atoms. The van der Waals surface area contributed by atoms with Crippen molar-refractivity contribution in [3.8, 4) is 0 Å². The molecule has 1 aliphatic rings. The first-order chi connectivity index (χ1) is 8.43. The molecule has 3 unspecified atom stereocenters. The summed E-state index contributed by atoms with van der Waals surface area (Å²) >= 11 is 1.94. The number of nitrogens with one attached hydrogen (secondary N) is 1. The van der Waals surface area contributed by atoms with Crippen LogP contribution in [0.4, 0.5) is 0 Å². The molecule has 2 nitrogen and oxygen atoms in total. The topological polar surface area (TPSA) is 21.3 Å². The molecule has 0 aliphatic carbocycles. The van der Waals surface area contributed by atoms with Gasteiger partial charge >= 0.3 is 0 Å². The van der Waals surface area contributed by atoms with Crippen molar-refractivity contribution < 1.29 is 4.74 Å². The molecule has 3 heteroatoms. The van der Waals surface area contributed by atoms with E-state index >= 15 is 0 Å². The van der Waals surface area contributed by atoms with Crippen LogP contribution in [0, 0.1) is 5.92 Å². The van der Waals surface area contributed by atoms with Gasteiger partial charge in [-0.05, 0) is 37.9 Å². The smallest absolute Gasteiger partial charge is 0.0594 e. The van der Waals surface area contributed by atoms with E-state index in [9.17, 15) is 0 Å². The molecule has 18 heavy (non-hydrogen) atoms. The van der Waals surface area contributed by atoms with Gasteiger partial charge in [-0.25, -0.2) is 0 Å². The van der Waals surface area contributed by atoms with Crippen molar-refractivity contribution in [2.24, 2.45) is 5.92 Å². The van der Waals surface area contributed by atoms with Crippen LogP contribution in [0.5, 0.6) is 0 Å². The van der Waals surface area contributed by atoms with E-state index in [1.165, 1.54) is 9.75 Å². The molecule has 0 radical (unpaired) electrons. The molecular formula is C15H25NOS. The molecule has 3 atom stereocenters. The van der Waals surface area contributed by atoms with Gasteiger partial charge < -0.3 is 10.1 Å². The van der Waals surface area contributed by atoms with Gasteiger partial charge in [-0.1, -0.05) is 20.8 Å². The van der Waals surface area contributed by atoms with Crippen LogP contribution in [0.25, 0.3) is 0 Å². The third kappa shape index (κ3) is 2.79. The Balaban J connectivity index is 2.20. The quantitative estimate of drug-likeness (QED) is 0.901. The van der Waals surface area contributed by atoms with Crippen LogP contribution in [0.2, 0.25) is 0 Å². The molecule has 1 saturated heterocycles. The lowest BCUT2D eigenvalue weighted by atomic mass is 9.92. The molecule has 0 saturated carbocycles. The van der Waals surface area contributed by atoms with Gasteiger partial charge in [0.25, 0.3) is 0 Å². The van der Waals surface area contributed by atoms with Gasteiger partial charge in [-0.3, -0.25) is 0 Å². The minimum Gasteiger partial charge on any atom is -0.378 e. The van der Waals surface area contributed by atoms with Gasteiger partial charge in [0.15, 0.2) is 0 Å². The highest BCUT2D eigenvalue weighted by Gasteiger charge is 2.33. The average Bonchev–Trinajstić information content (AvgIpc) is 2.89. The van der Waals surface area contributed by atoms with Crippen molar-refractivity contribution in [1.82, 2.24) is 5.32 Å². The Hall–Kier alpha value is -0.380. The normalized spacial score (nSPS) is 26.5. The zero-order valence-corrected chi connectivity index (χ0v) is 12.9. The van der Waals surface area contributed by atoms with Crippen molar-refractivity contribution in [3.63, 3.8) is 0 Å². The maximum atomic E-state index is 5.71. The van der Waals surface area contributed by atoms with Gasteiger partial charge in [0.05, 0.1) is 6.10 Å². The fraction of sp³-hybridized carbons (Fsp3) is 0.733.